The smallest absolute Gasteiger partial charge is 0.274 e. The summed E-state index contributed by atoms with van der Waals surface area (Å²) >= 11 is 6.13. The molecule has 0 radical (unpaired) electrons. The van der Waals surface area contributed by atoms with Gasteiger partial charge in [-0.25, -0.2) is 4.98 Å². The number of carbonyl (C=O) groups is 1. The van der Waals surface area contributed by atoms with E-state index in [2.05, 4.69) is 10.3 Å². The highest BCUT2D eigenvalue weighted by Crippen LogP contribution is 2.25. The Kier molecular flexibility index (Phi) is 4.71. The monoisotopic (exact) mass is 343 g/mol. The van der Waals surface area contributed by atoms with Gasteiger partial charge in [-0.05, 0) is 37.6 Å². The Morgan fingerprint density at radius 3 is 2.75 bits per heavy atom. The zero-order valence-corrected chi connectivity index (χ0v) is 14.3. The first kappa shape index (κ1) is 16.3. The lowest BCUT2D eigenvalue weighted by Crippen LogP contribution is -2.16. The van der Waals surface area contributed by atoms with Gasteiger partial charge >= 0.3 is 0 Å². The van der Waals surface area contributed by atoms with E-state index in [0.717, 1.165) is 0 Å². The molecule has 24 heavy (non-hydrogen) atoms. The lowest BCUT2D eigenvalue weighted by Gasteiger charge is -2.09. The minimum atomic E-state index is -0.249. The van der Waals surface area contributed by atoms with Crippen molar-refractivity contribution in [2.24, 2.45) is 0 Å². The number of rotatable bonds is 5. The minimum absolute atomic E-state index is 0.249. The first-order valence-corrected chi connectivity index (χ1v) is 8.22. The molecular formula is C18H18ClN3O2. The summed E-state index contributed by atoms with van der Waals surface area (Å²) < 4.78 is 7.37. The molecule has 6 heteroatoms. The molecule has 2 aromatic heterocycles. The number of aromatic nitrogens is 2. The first-order valence-electron chi connectivity index (χ1n) is 7.84. The van der Waals surface area contributed by atoms with Crippen molar-refractivity contribution in [3.63, 3.8) is 0 Å². The molecule has 1 N–H and O–H groups in total. The first-order chi connectivity index (χ1) is 11.7. The summed E-state index contributed by atoms with van der Waals surface area (Å²) in [7, 11) is 0. The second-order valence-electron chi connectivity index (χ2n) is 5.19. The molecule has 0 aliphatic carbocycles. The number of halogens is 1. The van der Waals surface area contributed by atoms with Crippen molar-refractivity contribution < 1.29 is 9.53 Å². The summed E-state index contributed by atoms with van der Waals surface area (Å²) in [5.74, 6) is 0.410. The molecule has 5 nitrogen and oxygen atoms in total. The van der Waals surface area contributed by atoms with Gasteiger partial charge in [-0.3, -0.25) is 9.20 Å². The summed E-state index contributed by atoms with van der Waals surface area (Å²) in [5, 5.41) is 3.35. The van der Waals surface area contributed by atoms with Gasteiger partial charge in [0.25, 0.3) is 5.91 Å². The highest BCUT2D eigenvalue weighted by molar-refractivity contribution is 6.33. The predicted molar refractivity (Wildman–Crippen MR) is 95.1 cm³/mol. The van der Waals surface area contributed by atoms with E-state index < -0.39 is 0 Å². The third-order valence-electron chi connectivity index (χ3n) is 3.66. The Balaban J connectivity index is 2.06. The average Bonchev–Trinajstić information content (AvgIpc) is 2.97. The number of fused-ring (bicyclic) bond motifs is 1. The van der Waals surface area contributed by atoms with E-state index in [4.69, 9.17) is 16.3 Å². The number of nitrogens with one attached hydrogen (secondary N) is 1. The minimum Gasteiger partial charge on any atom is -0.490 e. The quantitative estimate of drug-likeness (QED) is 0.755. The van der Waals surface area contributed by atoms with Crippen molar-refractivity contribution in [2.75, 3.05) is 11.9 Å². The van der Waals surface area contributed by atoms with Crippen LogP contribution >= 0.6 is 11.6 Å². The molecule has 1 aromatic carbocycles. The number of benzene rings is 1. The third kappa shape index (κ3) is 2.95. The van der Waals surface area contributed by atoms with Gasteiger partial charge in [0.15, 0.2) is 11.4 Å². The Hall–Kier alpha value is -2.53. The molecule has 0 spiro atoms. The molecule has 2 heterocycles. The summed E-state index contributed by atoms with van der Waals surface area (Å²) in [6.07, 6.45) is 2.45. The number of nitrogens with zero attached hydrogens (tertiary/aromatic N) is 2. The molecule has 124 valence electrons. The zero-order chi connectivity index (χ0) is 17.1. The summed E-state index contributed by atoms with van der Waals surface area (Å²) in [6.45, 7) is 4.42. The van der Waals surface area contributed by atoms with E-state index >= 15 is 0 Å². The maximum absolute atomic E-state index is 12.8. The van der Waals surface area contributed by atoms with Crippen LogP contribution in [0.4, 0.5) is 5.69 Å². The van der Waals surface area contributed by atoms with Crippen molar-refractivity contribution in [2.45, 2.75) is 20.3 Å². The van der Waals surface area contributed by atoms with Gasteiger partial charge in [0.2, 0.25) is 0 Å². The Morgan fingerprint density at radius 1 is 1.25 bits per heavy atom. The van der Waals surface area contributed by atoms with Crippen molar-refractivity contribution in [3.05, 3.63) is 59.0 Å². The highest BCUT2D eigenvalue weighted by atomic mass is 35.5. The van der Waals surface area contributed by atoms with E-state index in [0.29, 0.717) is 46.5 Å². The Labute approximate surface area is 145 Å². The van der Waals surface area contributed by atoms with Gasteiger partial charge in [0.1, 0.15) is 5.69 Å². The van der Waals surface area contributed by atoms with Crippen molar-refractivity contribution >= 4 is 28.8 Å². The van der Waals surface area contributed by atoms with Crippen LogP contribution in [0.5, 0.6) is 5.75 Å². The van der Waals surface area contributed by atoms with Gasteiger partial charge in [0.05, 0.1) is 23.0 Å². The van der Waals surface area contributed by atoms with Gasteiger partial charge in [0, 0.05) is 6.20 Å². The molecule has 3 aromatic rings. The highest BCUT2D eigenvalue weighted by Gasteiger charge is 2.20. The van der Waals surface area contributed by atoms with Gasteiger partial charge < -0.3 is 10.1 Å². The normalized spacial score (nSPS) is 10.8. The number of para-hydroxylation sites is 1. The van der Waals surface area contributed by atoms with E-state index in [-0.39, 0.29) is 5.91 Å². The number of imidazole rings is 1. The Bertz CT molecular complexity index is 889. The number of hydrogen-bond donors (Lipinski definition) is 1. The van der Waals surface area contributed by atoms with Crippen LogP contribution in [0.3, 0.4) is 0 Å². The van der Waals surface area contributed by atoms with Gasteiger partial charge in [-0.15, -0.1) is 0 Å². The lowest BCUT2D eigenvalue weighted by atomic mass is 10.2. The number of hydrogen-bond acceptors (Lipinski definition) is 3. The van der Waals surface area contributed by atoms with Crippen LogP contribution in [0, 0.1) is 0 Å². The third-order valence-corrected chi connectivity index (χ3v) is 3.99. The molecular weight excluding hydrogens is 326 g/mol. The second-order valence-corrected chi connectivity index (χ2v) is 5.60. The summed E-state index contributed by atoms with van der Waals surface area (Å²) in [4.78, 5) is 17.4. The maximum atomic E-state index is 12.8. The molecule has 3 rings (SSSR count). The SMILES string of the molecule is CCOc1cccn2c(C(=O)Nc3ccccc3Cl)c(CC)nc12. The van der Waals surface area contributed by atoms with Crippen LogP contribution in [0.15, 0.2) is 42.6 Å². The molecule has 0 unspecified atom stereocenters. The molecule has 0 aliphatic rings. The number of aryl methyl sites for hydroxylation is 1. The van der Waals surface area contributed by atoms with Crippen LogP contribution in [-0.2, 0) is 6.42 Å². The summed E-state index contributed by atoms with van der Waals surface area (Å²) in [6, 6.07) is 10.8. The van der Waals surface area contributed by atoms with E-state index in [1.54, 1.807) is 16.5 Å². The van der Waals surface area contributed by atoms with Crippen LogP contribution < -0.4 is 10.1 Å². The molecule has 0 saturated heterocycles. The molecule has 0 saturated carbocycles. The topological polar surface area (TPSA) is 55.6 Å². The molecule has 0 fully saturated rings. The average molecular weight is 344 g/mol. The summed E-state index contributed by atoms with van der Waals surface area (Å²) in [5.41, 5.74) is 2.42. The van der Waals surface area contributed by atoms with Crippen LogP contribution in [-0.4, -0.2) is 21.9 Å². The standard InChI is InChI=1S/C18H18ClN3O2/c1-3-13-16(18(23)21-14-9-6-5-8-12(14)19)22-11-7-10-15(24-4-2)17(22)20-13/h5-11H,3-4H2,1-2H3,(H,21,23). The fourth-order valence-corrected chi connectivity index (χ4v) is 2.77. The lowest BCUT2D eigenvalue weighted by molar-refractivity contribution is 0.102. The molecule has 0 aliphatic heterocycles. The zero-order valence-electron chi connectivity index (χ0n) is 13.5. The second kappa shape index (κ2) is 6.93. The number of amides is 1. The number of ether oxygens (including phenoxy) is 1. The molecule has 0 bridgehead atoms. The fraction of sp³-hybridized carbons (Fsp3) is 0.222. The van der Waals surface area contributed by atoms with E-state index in [9.17, 15) is 4.79 Å². The van der Waals surface area contributed by atoms with Gasteiger partial charge in [-0.1, -0.05) is 30.7 Å². The van der Waals surface area contributed by atoms with Crippen molar-refractivity contribution in [3.8, 4) is 5.75 Å². The number of pyridine rings is 1. The Morgan fingerprint density at radius 2 is 2.04 bits per heavy atom. The maximum Gasteiger partial charge on any atom is 0.274 e. The van der Waals surface area contributed by atoms with Crippen LogP contribution in [0.25, 0.3) is 5.65 Å². The van der Waals surface area contributed by atoms with Crippen molar-refractivity contribution in [1.82, 2.24) is 9.38 Å². The largest absolute Gasteiger partial charge is 0.490 e. The number of anilines is 1. The van der Waals surface area contributed by atoms with Gasteiger partial charge in [-0.2, -0.15) is 0 Å². The van der Waals surface area contributed by atoms with E-state index in [1.807, 2.05) is 44.3 Å². The van der Waals surface area contributed by atoms with Crippen LogP contribution in [0.2, 0.25) is 5.02 Å². The van der Waals surface area contributed by atoms with E-state index in [1.165, 1.54) is 0 Å². The molecule has 1 amide bonds. The molecule has 0 atom stereocenters. The van der Waals surface area contributed by atoms with Crippen LogP contribution in [0.1, 0.15) is 30.0 Å². The number of carbonyl (C=O) groups excluding carboxylic acids is 1. The fourth-order valence-electron chi connectivity index (χ4n) is 2.59. The predicted octanol–water partition coefficient (Wildman–Crippen LogP) is 4.20. The van der Waals surface area contributed by atoms with Crippen molar-refractivity contribution in [1.29, 1.82) is 0 Å².